The molecular formula is C15H21FN3O2+. The number of aryl methyl sites for hydroxylation is 1. The molecule has 0 radical (unpaired) electrons. The average molecular weight is 294 g/mol. The van der Waals surface area contributed by atoms with Crippen molar-refractivity contribution < 1.29 is 18.9 Å². The summed E-state index contributed by atoms with van der Waals surface area (Å²) in [6.07, 6.45) is 1.65. The molecule has 2 atom stereocenters. The van der Waals surface area contributed by atoms with E-state index in [0.717, 1.165) is 29.8 Å². The van der Waals surface area contributed by atoms with Crippen molar-refractivity contribution >= 4 is 17.5 Å². The van der Waals surface area contributed by atoms with Crippen molar-refractivity contribution in [2.75, 3.05) is 25.0 Å². The Morgan fingerprint density at radius 1 is 1.48 bits per heavy atom. The summed E-state index contributed by atoms with van der Waals surface area (Å²) < 4.78 is 13.7. The largest absolute Gasteiger partial charge is 0.369 e. The summed E-state index contributed by atoms with van der Waals surface area (Å²) in [6, 6.07) is 4.68. The predicted molar refractivity (Wildman–Crippen MR) is 77.2 cm³/mol. The quantitative estimate of drug-likeness (QED) is 0.722. The van der Waals surface area contributed by atoms with Gasteiger partial charge < -0.3 is 16.0 Å². The summed E-state index contributed by atoms with van der Waals surface area (Å²) >= 11 is 0. The number of hydrogen-bond acceptors (Lipinski definition) is 2. The van der Waals surface area contributed by atoms with Gasteiger partial charge in [0.1, 0.15) is 5.82 Å². The van der Waals surface area contributed by atoms with E-state index >= 15 is 0 Å². The van der Waals surface area contributed by atoms with Crippen molar-refractivity contribution in [1.29, 1.82) is 0 Å². The second-order valence-corrected chi connectivity index (χ2v) is 5.65. The maximum atomic E-state index is 13.7. The Kier molecular flexibility index (Phi) is 4.90. The van der Waals surface area contributed by atoms with Crippen LogP contribution in [0.4, 0.5) is 10.1 Å². The Morgan fingerprint density at radius 3 is 2.90 bits per heavy atom. The second-order valence-electron chi connectivity index (χ2n) is 5.65. The molecule has 1 aromatic rings. The van der Waals surface area contributed by atoms with E-state index in [-0.39, 0.29) is 30.0 Å². The van der Waals surface area contributed by atoms with Crippen LogP contribution < -0.4 is 16.0 Å². The standard InChI is InChI=1S/C15H20FN3O2/c1-10-4-5-13(12(16)7-10)18-14(20)9-19-6-2-3-11(8-19)15(17)21/h4-5,7,11H,2-3,6,8-9H2,1H3,(H2,17,21)(H,18,20)/p+1/t11-/m1/s1. The van der Waals surface area contributed by atoms with E-state index in [1.807, 2.05) is 0 Å². The fourth-order valence-corrected chi connectivity index (χ4v) is 2.70. The molecule has 21 heavy (non-hydrogen) atoms. The van der Waals surface area contributed by atoms with E-state index < -0.39 is 5.82 Å². The van der Waals surface area contributed by atoms with Crippen LogP contribution in [0.3, 0.4) is 0 Å². The highest BCUT2D eigenvalue weighted by atomic mass is 19.1. The van der Waals surface area contributed by atoms with Crippen LogP contribution in [0.15, 0.2) is 18.2 Å². The van der Waals surface area contributed by atoms with E-state index in [2.05, 4.69) is 5.32 Å². The summed E-state index contributed by atoms with van der Waals surface area (Å²) in [5.41, 5.74) is 6.31. The second kappa shape index (κ2) is 6.67. The molecule has 5 nitrogen and oxygen atoms in total. The van der Waals surface area contributed by atoms with Crippen LogP contribution in [0.5, 0.6) is 0 Å². The van der Waals surface area contributed by atoms with E-state index in [1.54, 1.807) is 19.1 Å². The first-order valence-corrected chi connectivity index (χ1v) is 7.14. The normalized spacial score (nSPS) is 21.8. The molecule has 0 saturated carbocycles. The van der Waals surface area contributed by atoms with Crippen LogP contribution in [0, 0.1) is 18.7 Å². The lowest BCUT2D eigenvalue weighted by molar-refractivity contribution is -0.899. The molecule has 1 aliphatic rings. The molecule has 1 unspecified atom stereocenters. The van der Waals surface area contributed by atoms with Crippen molar-refractivity contribution in [2.45, 2.75) is 19.8 Å². The van der Waals surface area contributed by atoms with Crippen LogP contribution in [0.2, 0.25) is 0 Å². The first kappa shape index (κ1) is 15.4. The highest BCUT2D eigenvalue weighted by molar-refractivity contribution is 5.91. The van der Waals surface area contributed by atoms with Gasteiger partial charge in [-0.05, 0) is 37.5 Å². The Labute approximate surface area is 123 Å². The third kappa shape index (κ3) is 4.26. The maximum absolute atomic E-state index is 13.7. The van der Waals surface area contributed by atoms with Gasteiger partial charge in [0.15, 0.2) is 6.54 Å². The molecule has 0 bridgehead atoms. The minimum atomic E-state index is -0.438. The van der Waals surface area contributed by atoms with Crippen molar-refractivity contribution in [3.8, 4) is 0 Å². The molecule has 1 fully saturated rings. The topological polar surface area (TPSA) is 76.6 Å². The van der Waals surface area contributed by atoms with Gasteiger partial charge in [0.25, 0.3) is 5.91 Å². The molecule has 0 spiro atoms. The number of nitrogens with one attached hydrogen (secondary N) is 2. The van der Waals surface area contributed by atoms with Gasteiger partial charge in [-0.15, -0.1) is 0 Å². The van der Waals surface area contributed by atoms with Crippen molar-refractivity contribution in [3.63, 3.8) is 0 Å². The number of primary amides is 1. The number of likely N-dealkylation sites (tertiary alicyclic amines) is 1. The fraction of sp³-hybridized carbons (Fsp3) is 0.467. The number of rotatable bonds is 4. The van der Waals surface area contributed by atoms with E-state index in [0.29, 0.717) is 6.54 Å². The Bertz CT molecular complexity index is 548. The summed E-state index contributed by atoms with van der Waals surface area (Å²) in [6.45, 7) is 3.40. The van der Waals surface area contributed by atoms with Crippen molar-refractivity contribution in [3.05, 3.63) is 29.6 Å². The van der Waals surface area contributed by atoms with Gasteiger partial charge in [0.05, 0.1) is 24.7 Å². The SMILES string of the molecule is Cc1ccc(NC(=O)C[NH+]2CCC[C@@H](C(N)=O)C2)c(F)c1. The minimum Gasteiger partial charge on any atom is -0.369 e. The molecule has 4 N–H and O–H groups in total. The Balaban J connectivity index is 1.91. The molecule has 0 aromatic heterocycles. The monoisotopic (exact) mass is 294 g/mol. The van der Waals surface area contributed by atoms with Gasteiger partial charge >= 0.3 is 0 Å². The van der Waals surface area contributed by atoms with Crippen LogP contribution in [-0.2, 0) is 9.59 Å². The maximum Gasteiger partial charge on any atom is 0.279 e. The molecule has 1 aliphatic heterocycles. The fourth-order valence-electron chi connectivity index (χ4n) is 2.70. The zero-order valence-electron chi connectivity index (χ0n) is 12.1. The smallest absolute Gasteiger partial charge is 0.279 e. The number of piperidine rings is 1. The lowest BCUT2D eigenvalue weighted by Gasteiger charge is -2.27. The number of quaternary nitrogens is 1. The van der Waals surface area contributed by atoms with Crippen LogP contribution >= 0.6 is 0 Å². The minimum absolute atomic E-state index is 0.169. The number of halogens is 1. The molecular weight excluding hydrogens is 273 g/mol. The lowest BCUT2D eigenvalue weighted by atomic mass is 9.97. The van der Waals surface area contributed by atoms with Gasteiger partial charge in [-0.3, -0.25) is 9.59 Å². The summed E-state index contributed by atoms with van der Waals surface area (Å²) in [5.74, 6) is -1.17. The molecule has 2 rings (SSSR count). The van der Waals surface area contributed by atoms with E-state index in [4.69, 9.17) is 5.73 Å². The number of anilines is 1. The van der Waals surface area contributed by atoms with Gasteiger partial charge in [-0.1, -0.05) is 6.07 Å². The van der Waals surface area contributed by atoms with Crippen molar-refractivity contribution in [1.82, 2.24) is 0 Å². The molecule has 1 saturated heterocycles. The number of nitrogens with two attached hydrogens (primary N) is 1. The summed E-state index contributed by atoms with van der Waals surface area (Å²) in [4.78, 5) is 24.2. The summed E-state index contributed by atoms with van der Waals surface area (Å²) in [5, 5.41) is 2.58. The van der Waals surface area contributed by atoms with E-state index in [9.17, 15) is 14.0 Å². The van der Waals surface area contributed by atoms with Gasteiger partial charge in [-0.25, -0.2) is 4.39 Å². The lowest BCUT2D eigenvalue weighted by Crippen LogP contribution is -3.14. The van der Waals surface area contributed by atoms with Crippen LogP contribution in [0.25, 0.3) is 0 Å². The van der Waals surface area contributed by atoms with Crippen LogP contribution in [0.1, 0.15) is 18.4 Å². The van der Waals surface area contributed by atoms with Crippen LogP contribution in [-0.4, -0.2) is 31.4 Å². The number of carbonyl (C=O) groups excluding carboxylic acids is 2. The number of hydrogen-bond donors (Lipinski definition) is 3. The van der Waals surface area contributed by atoms with Gasteiger partial charge in [0.2, 0.25) is 5.91 Å². The van der Waals surface area contributed by atoms with Gasteiger partial charge in [-0.2, -0.15) is 0 Å². The number of amides is 2. The molecule has 114 valence electrons. The molecule has 1 aromatic carbocycles. The number of benzene rings is 1. The molecule has 6 heteroatoms. The third-order valence-electron chi connectivity index (χ3n) is 3.83. The number of carbonyl (C=O) groups is 2. The Morgan fingerprint density at radius 2 is 2.24 bits per heavy atom. The Hall–Kier alpha value is -1.95. The molecule has 1 heterocycles. The highest BCUT2D eigenvalue weighted by Crippen LogP contribution is 2.14. The van der Waals surface area contributed by atoms with E-state index in [1.165, 1.54) is 6.07 Å². The van der Waals surface area contributed by atoms with Crippen molar-refractivity contribution in [2.24, 2.45) is 11.7 Å². The predicted octanol–water partition coefficient (Wildman–Crippen LogP) is -0.147. The zero-order chi connectivity index (χ0) is 15.4. The third-order valence-corrected chi connectivity index (χ3v) is 3.83. The first-order chi connectivity index (χ1) is 9.95. The molecule has 2 amide bonds. The zero-order valence-corrected chi connectivity index (χ0v) is 12.1. The summed E-state index contributed by atoms with van der Waals surface area (Å²) in [7, 11) is 0. The molecule has 0 aliphatic carbocycles. The first-order valence-electron chi connectivity index (χ1n) is 7.14. The highest BCUT2D eigenvalue weighted by Gasteiger charge is 2.28. The average Bonchev–Trinajstić information content (AvgIpc) is 2.42. The van der Waals surface area contributed by atoms with Gasteiger partial charge in [0, 0.05) is 0 Å².